The lowest BCUT2D eigenvalue weighted by atomic mass is 10.2. The number of amides is 2. The largest absolute Gasteiger partial charge is 0.385 e. The molecule has 0 spiro atoms. The summed E-state index contributed by atoms with van der Waals surface area (Å²) in [6.45, 7) is 6.56. The van der Waals surface area contributed by atoms with E-state index in [0.29, 0.717) is 38.5 Å². The minimum absolute atomic E-state index is 0.0777. The van der Waals surface area contributed by atoms with Gasteiger partial charge >= 0.3 is 0 Å². The summed E-state index contributed by atoms with van der Waals surface area (Å²) in [6.07, 6.45) is 1.53. The zero-order chi connectivity index (χ0) is 18.7. The van der Waals surface area contributed by atoms with E-state index in [1.165, 1.54) is 11.3 Å². The van der Waals surface area contributed by atoms with Crippen LogP contribution in [0.15, 0.2) is 5.38 Å². The van der Waals surface area contributed by atoms with Crippen LogP contribution >= 0.6 is 11.3 Å². The first-order valence-corrected chi connectivity index (χ1v) is 9.36. The molecule has 1 aromatic heterocycles. The molecule has 142 valence electrons. The maximum absolute atomic E-state index is 12.4. The number of carbonyl (C=O) groups excluding carboxylic acids is 2. The smallest absolute Gasteiger partial charge is 0.270 e. The van der Waals surface area contributed by atoms with Gasteiger partial charge in [0.15, 0.2) is 0 Å². The number of hydrogen-bond donors (Lipinski definition) is 1. The van der Waals surface area contributed by atoms with Crippen molar-refractivity contribution >= 4 is 23.2 Å². The molecule has 0 saturated heterocycles. The highest BCUT2D eigenvalue weighted by Crippen LogP contribution is 2.15. The topological polar surface area (TPSA) is 80.8 Å². The number of methoxy groups -OCH3 is 2. The number of carbonyl (C=O) groups is 2. The van der Waals surface area contributed by atoms with Crippen molar-refractivity contribution in [2.45, 2.75) is 33.2 Å². The summed E-state index contributed by atoms with van der Waals surface area (Å²) in [6, 6.07) is 0. The van der Waals surface area contributed by atoms with Crippen LogP contribution < -0.4 is 5.32 Å². The second kappa shape index (κ2) is 11.9. The molecule has 1 heterocycles. The van der Waals surface area contributed by atoms with Crippen LogP contribution in [0.25, 0.3) is 0 Å². The maximum atomic E-state index is 12.4. The van der Waals surface area contributed by atoms with Crippen LogP contribution in [0.4, 0.5) is 0 Å². The highest BCUT2D eigenvalue weighted by atomic mass is 32.1. The van der Waals surface area contributed by atoms with Crippen LogP contribution in [0.2, 0.25) is 0 Å². The fourth-order valence-corrected chi connectivity index (χ4v) is 2.98. The average molecular weight is 372 g/mol. The van der Waals surface area contributed by atoms with Crippen LogP contribution in [0, 0.1) is 5.92 Å². The maximum Gasteiger partial charge on any atom is 0.270 e. The predicted octanol–water partition coefficient (Wildman–Crippen LogP) is 1.93. The molecule has 0 aromatic carbocycles. The first kappa shape index (κ1) is 21.5. The van der Waals surface area contributed by atoms with Gasteiger partial charge in [0.1, 0.15) is 10.7 Å². The molecule has 1 N–H and O–H groups in total. The van der Waals surface area contributed by atoms with Gasteiger partial charge in [-0.15, -0.1) is 11.3 Å². The van der Waals surface area contributed by atoms with Gasteiger partial charge in [-0.25, -0.2) is 4.98 Å². The van der Waals surface area contributed by atoms with Crippen molar-refractivity contribution in [3.05, 3.63) is 16.1 Å². The van der Waals surface area contributed by atoms with Gasteiger partial charge in [-0.2, -0.15) is 0 Å². The summed E-state index contributed by atoms with van der Waals surface area (Å²) in [5.74, 6) is -0.192. The highest BCUT2D eigenvalue weighted by Gasteiger charge is 2.19. The molecule has 0 atom stereocenters. The monoisotopic (exact) mass is 371 g/mol. The number of thiazole rings is 1. The molecule has 2 amide bonds. The summed E-state index contributed by atoms with van der Waals surface area (Å²) in [4.78, 5) is 30.6. The minimum atomic E-state index is -0.195. The molecule has 1 aromatic rings. The Morgan fingerprint density at radius 3 is 2.56 bits per heavy atom. The Morgan fingerprint density at radius 1 is 1.24 bits per heavy atom. The first-order valence-electron chi connectivity index (χ1n) is 8.48. The van der Waals surface area contributed by atoms with Crippen LogP contribution in [0.1, 0.15) is 42.2 Å². The molecule has 7 nitrogen and oxygen atoms in total. The van der Waals surface area contributed by atoms with Crippen molar-refractivity contribution in [1.29, 1.82) is 0 Å². The molecule has 0 aliphatic heterocycles. The van der Waals surface area contributed by atoms with E-state index in [9.17, 15) is 9.59 Å². The van der Waals surface area contributed by atoms with Gasteiger partial charge in [-0.3, -0.25) is 9.59 Å². The molecule has 1 rings (SSSR count). The first-order chi connectivity index (χ1) is 12.0. The number of rotatable bonds is 12. The van der Waals surface area contributed by atoms with E-state index in [2.05, 4.69) is 10.3 Å². The van der Waals surface area contributed by atoms with Gasteiger partial charge in [0.05, 0.1) is 6.54 Å². The molecule has 0 fully saturated rings. The van der Waals surface area contributed by atoms with Crippen LogP contribution in [0.5, 0.6) is 0 Å². The highest BCUT2D eigenvalue weighted by molar-refractivity contribution is 7.09. The summed E-state index contributed by atoms with van der Waals surface area (Å²) < 4.78 is 10.0. The summed E-state index contributed by atoms with van der Waals surface area (Å²) in [5, 5.41) is 5.30. The number of nitrogens with one attached hydrogen (secondary N) is 1. The summed E-state index contributed by atoms with van der Waals surface area (Å²) >= 11 is 1.40. The van der Waals surface area contributed by atoms with Crippen LogP contribution in [-0.2, 0) is 20.8 Å². The average Bonchev–Trinajstić information content (AvgIpc) is 3.05. The van der Waals surface area contributed by atoms with Crippen molar-refractivity contribution in [1.82, 2.24) is 15.2 Å². The van der Waals surface area contributed by atoms with Gasteiger partial charge in [0, 0.05) is 51.8 Å². The Labute approximate surface area is 153 Å². The SMILES string of the molecule is COCCCNC(=O)c1csc(CN(CCCOC)C(=O)C(C)C)n1. The molecule has 0 radical (unpaired) electrons. The molecular weight excluding hydrogens is 342 g/mol. The quantitative estimate of drug-likeness (QED) is 0.568. The Kier molecular flexibility index (Phi) is 10.3. The summed E-state index contributed by atoms with van der Waals surface area (Å²) in [7, 11) is 3.28. The molecule has 25 heavy (non-hydrogen) atoms. The molecule has 0 aliphatic carbocycles. The van der Waals surface area contributed by atoms with E-state index in [4.69, 9.17) is 9.47 Å². The standard InChI is InChI=1S/C17H29N3O4S/c1-13(2)17(22)20(8-6-10-24-4)11-15-19-14(12-25-15)16(21)18-7-5-9-23-3/h12-13H,5-11H2,1-4H3,(H,18,21). The van der Waals surface area contributed by atoms with Gasteiger partial charge < -0.3 is 19.7 Å². The van der Waals surface area contributed by atoms with E-state index in [1.54, 1.807) is 24.5 Å². The van der Waals surface area contributed by atoms with Crippen molar-refractivity contribution in [2.24, 2.45) is 5.92 Å². The van der Waals surface area contributed by atoms with Gasteiger partial charge in [-0.1, -0.05) is 13.8 Å². The number of hydrogen-bond acceptors (Lipinski definition) is 6. The number of ether oxygens (including phenoxy) is 2. The van der Waals surface area contributed by atoms with Gasteiger partial charge in [-0.05, 0) is 12.8 Å². The van der Waals surface area contributed by atoms with E-state index >= 15 is 0 Å². The Hall–Kier alpha value is -1.51. The molecular formula is C17H29N3O4S. The van der Waals surface area contributed by atoms with E-state index < -0.39 is 0 Å². The number of aromatic nitrogens is 1. The Balaban J connectivity index is 2.61. The lowest BCUT2D eigenvalue weighted by molar-refractivity contribution is -0.135. The van der Waals surface area contributed by atoms with E-state index in [1.807, 2.05) is 13.8 Å². The Bertz CT molecular complexity index is 534. The van der Waals surface area contributed by atoms with Gasteiger partial charge in [0.2, 0.25) is 5.91 Å². The summed E-state index contributed by atoms with van der Waals surface area (Å²) in [5.41, 5.74) is 0.395. The third-order valence-corrected chi connectivity index (χ3v) is 4.34. The van der Waals surface area contributed by atoms with Crippen LogP contribution in [0.3, 0.4) is 0 Å². The minimum Gasteiger partial charge on any atom is -0.385 e. The third kappa shape index (κ3) is 7.94. The second-order valence-electron chi connectivity index (χ2n) is 5.99. The number of nitrogens with zero attached hydrogens (tertiary/aromatic N) is 2. The van der Waals surface area contributed by atoms with E-state index in [-0.39, 0.29) is 17.7 Å². The van der Waals surface area contributed by atoms with E-state index in [0.717, 1.165) is 17.8 Å². The van der Waals surface area contributed by atoms with Crippen LogP contribution in [-0.4, -0.2) is 62.2 Å². The Morgan fingerprint density at radius 2 is 1.92 bits per heavy atom. The fraction of sp³-hybridized carbons (Fsp3) is 0.706. The molecule has 0 bridgehead atoms. The van der Waals surface area contributed by atoms with Crippen molar-refractivity contribution < 1.29 is 19.1 Å². The van der Waals surface area contributed by atoms with Crippen molar-refractivity contribution in [2.75, 3.05) is 40.5 Å². The zero-order valence-corrected chi connectivity index (χ0v) is 16.4. The molecule has 0 saturated carbocycles. The molecule has 8 heteroatoms. The van der Waals surface area contributed by atoms with Crippen molar-refractivity contribution in [3.8, 4) is 0 Å². The molecule has 0 aliphatic rings. The lowest BCUT2D eigenvalue weighted by Gasteiger charge is -2.23. The molecule has 0 unspecified atom stereocenters. The fourth-order valence-electron chi connectivity index (χ4n) is 2.19. The lowest BCUT2D eigenvalue weighted by Crippen LogP contribution is -2.35. The van der Waals surface area contributed by atoms with Gasteiger partial charge in [0.25, 0.3) is 5.91 Å². The zero-order valence-electron chi connectivity index (χ0n) is 15.5. The van der Waals surface area contributed by atoms with Crippen molar-refractivity contribution in [3.63, 3.8) is 0 Å². The second-order valence-corrected chi connectivity index (χ2v) is 6.93. The predicted molar refractivity (Wildman–Crippen MR) is 97.7 cm³/mol. The third-order valence-electron chi connectivity index (χ3n) is 3.50. The normalized spacial score (nSPS) is 10.9.